The van der Waals surface area contributed by atoms with E-state index < -0.39 is 0 Å². The molecule has 3 atom stereocenters. The van der Waals surface area contributed by atoms with Gasteiger partial charge in [-0.3, -0.25) is 0 Å². The molecule has 1 aromatic carbocycles. The quantitative estimate of drug-likeness (QED) is 0.771. The highest BCUT2D eigenvalue weighted by atomic mass is 35.5. The molecule has 98 valence electrons. The third-order valence-electron chi connectivity index (χ3n) is 3.62. The van der Waals surface area contributed by atoms with Crippen LogP contribution in [0.4, 0.5) is 0 Å². The minimum absolute atomic E-state index is 0.0919. The van der Waals surface area contributed by atoms with Crippen LogP contribution in [0.2, 0.25) is 0 Å². The van der Waals surface area contributed by atoms with E-state index >= 15 is 0 Å². The SMILES string of the molecule is CC1CCOC1C(Cl)c1ccc2c(c1)OCCO2. The average Bonchev–Trinajstić information content (AvgIpc) is 2.83. The van der Waals surface area contributed by atoms with Crippen LogP contribution < -0.4 is 9.47 Å². The van der Waals surface area contributed by atoms with E-state index in [0.29, 0.717) is 19.1 Å². The Morgan fingerprint density at radius 1 is 1.17 bits per heavy atom. The third-order valence-corrected chi connectivity index (χ3v) is 4.12. The molecule has 0 saturated carbocycles. The van der Waals surface area contributed by atoms with Crippen molar-refractivity contribution in [2.24, 2.45) is 5.92 Å². The number of ether oxygens (including phenoxy) is 3. The lowest BCUT2D eigenvalue weighted by Gasteiger charge is -2.23. The molecule has 1 saturated heterocycles. The third kappa shape index (κ3) is 2.17. The van der Waals surface area contributed by atoms with Crippen molar-refractivity contribution in [3.8, 4) is 11.5 Å². The predicted molar refractivity (Wildman–Crippen MR) is 69.5 cm³/mol. The number of hydrogen-bond acceptors (Lipinski definition) is 3. The molecule has 0 N–H and O–H groups in total. The lowest BCUT2D eigenvalue weighted by Crippen LogP contribution is -2.20. The first-order chi connectivity index (χ1) is 8.75. The maximum absolute atomic E-state index is 6.53. The van der Waals surface area contributed by atoms with E-state index in [-0.39, 0.29) is 11.5 Å². The van der Waals surface area contributed by atoms with Gasteiger partial charge in [0.2, 0.25) is 0 Å². The molecule has 0 spiro atoms. The van der Waals surface area contributed by atoms with Crippen LogP contribution in [0.5, 0.6) is 11.5 Å². The molecule has 4 heteroatoms. The van der Waals surface area contributed by atoms with E-state index in [1.807, 2.05) is 18.2 Å². The number of benzene rings is 1. The fourth-order valence-electron chi connectivity index (χ4n) is 2.51. The Balaban J connectivity index is 1.83. The minimum atomic E-state index is -0.127. The van der Waals surface area contributed by atoms with E-state index in [9.17, 15) is 0 Å². The van der Waals surface area contributed by atoms with Gasteiger partial charge in [-0.15, -0.1) is 11.6 Å². The summed E-state index contributed by atoms with van der Waals surface area (Å²) in [5.41, 5.74) is 1.04. The van der Waals surface area contributed by atoms with Gasteiger partial charge in [-0.25, -0.2) is 0 Å². The van der Waals surface area contributed by atoms with Crippen molar-refractivity contribution in [1.29, 1.82) is 0 Å². The maximum atomic E-state index is 6.53. The monoisotopic (exact) mass is 268 g/mol. The van der Waals surface area contributed by atoms with Gasteiger partial charge in [0.15, 0.2) is 11.5 Å². The summed E-state index contributed by atoms with van der Waals surface area (Å²) >= 11 is 6.53. The van der Waals surface area contributed by atoms with Crippen molar-refractivity contribution in [3.05, 3.63) is 23.8 Å². The van der Waals surface area contributed by atoms with Crippen LogP contribution in [-0.4, -0.2) is 25.9 Å². The maximum Gasteiger partial charge on any atom is 0.161 e. The van der Waals surface area contributed by atoms with E-state index in [2.05, 4.69) is 6.92 Å². The minimum Gasteiger partial charge on any atom is -0.486 e. The van der Waals surface area contributed by atoms with Gasteiger partial charge in [0.1, 0.15) is 13.2 Å². The molecule has 1 fully saturated rings. The van der Waals surface area contributed by atoms with Gasteiger partial charge >= 0.3 is 0 Å². The summed E-state index contributed by atoms with van der Waals surface area (Å²) in [5, 5.41) is -0.127. The zero-order valence-corrected chi connectivity index (χ0v) is 11.2. The molecule has 3 nitrogen and oxygen atoms in total. The number of halogens is 1. The smallest absolute Gasteiger partial charge is 0.161 e. The molecule has 0 bridgehead atoms. The van der Waals surface area contributed by atoms with Gasteiger partial charge in [0, 0.05) is 6.61 Å². The summed E-state index contributed by atoms with van der Waals surface area (Å²) in [6, 6.07) is 5.90. The fraction of sp³-hybridized carbons (Fsp3) is 0.571. The molecule has 1 aromatic rings. The Morgan fingerprint density at radius 3 is 2.67 bits per heavy atom. The van der Waals surface area contributed by atoms with Gasteiger partial charge < -0.3 is 14.2 Å². The van der Waals surface area contributed by atoms with Crippen LogP contribution in [0.3, 0.4) is 0 Å². The summed E-state index contributed by atoms with van der Waals surface area (Å²) < 4.78 is 16.8. The van der Waals surface area contributed by atoms with Crippen molar-refractivity contribution >= 4 is 11.6 Å². The number of alkyl halides is 1. The van der Waals surface area contributed by atoms with Crippen molar-refractivity contribution in [3.63, 3.8) is 0 Å². The number of fused-ring (bicyclic) bond motifs is 1. The van der Waals surface area contributed by atoms with Gasteiger partial charge in [-0.1, -0.05) is 13.0 Å². The van der Waals surface area contributed by atoms with Crippen molar-refractivity contribution in [2.45, 2.75) is 24.8 Å². The highest BCUT2D eigenvalue weighted by molar-refractivity contribution is 6.21. The van der Waals surface area contributed by atoms with Crippen LogP contribution in [0, 0.1) is 5.92 Å². The molecule has 0 radical (unpaired) electrons. The van der Waals surface area contributed by atoms with E-state index in [0.717, 1.165) is 30.1 Å². The Hall–Kier alpha value is -0.930. The van der Waals surface area contributed by atoms with E-state index in [4.69, 9.17) is 25.8 Å². The summed E-state index contributed by atoms with van der Waals surface area (Å²) in [7, 11) is 0. The number of rotatable bonds is 2. The fourth-order valence-corrected chi connectivity index (χ4v) is 2.97. The van der Waals surface area contributed by atoms with Crippen molar-refractivity contribution in [1.82, 2.24) is 0 Å². The highest BCUT2D eigenvalue weighted by Gasteiger charge is 2.32. The summed E-state index contributed by atoms with van der Waals surface area (Å²) in [6.07, 6.45) is 1.17. The van der Waals surface area contributed by atoms with E-state index in [1.165, 1.54) is 0 Å². The zero-order chi connectivity index (χ0) is 12.5. The summed E-state index contributed by atoms with van der Waals surface area (Å²) in [6.45, 7) is 4.20. The second kappa shape index (κ2) is 4.98. The molecule has 0 amide bonds. The van der Waals surface area contributed by atoms with Crippen LogP contribution in [0.1, 0.15) is 24.3 Å². The van der Waals surface area contributed by atoms with Gasteiger partial charge in [-0.05, 0) is 30.0 Å². The molecule has 0 aromatic heterocycles. The first-order valence-electron chi connectivity index (χ1n) is 6.41. The molecule has 18 heavy (non-hydrogen) atoms. The largest absolute Gasteiger partial charge is 0.486 e. The molecule has 2 aliphatic heterocycles. The summed E-state index contributed by atoms with van der Waals surface area (Å²) in [4.78, 5) is 0. The average molecular weight is 269 g/mol. The molecular formula is C14H17ClO3. The lowest BCUT2D eigenvalue weighted by atomic mass is 9.97. The van der Waals surface area contributed by atoms with Crippen LogP contribution >= 0.6 is 11.6 Å². The van der Waals surface area contributed by atoms with Crippen molar-refractivity contribution in [2.75, 3.05) is 19.8 Å². The standard InChI is InChI=1S/C14H17ClO3/c1-9-4-5-18-14(9)13(15)10-2-3-11-12(8-10)17-7-6-16-11/h2-3,8-9,13-14H,4-7H2,1H3. The molecule has 2 heterocycles. The first kappa shape index (κ1) is 12.1. The molecular weight excluding hydrogens is 252 g/mol. The van der Waals surface area contributed by atoms with Gasteiger partial charge in [-0.2, -0.15) is 0 Å². The van der Waals surface area contributed by atoms with Gasteiger partial charge in [0.25, 0.3) is 0 Å². The number of hydrogen-bond donors (Lipinski definition) is 0. The second-order valence-corrected chi connectivity index (χ2v) is 5.38. The summed E-state index contributed by atoms with van der Waals surface area (Å²) in [5.74, 6) is 2.09. The second-order valence-electron chi connectivity index (χ2n) is 4.91. The molecule has 3 rings (SSSR count). The molecule has 2 aliphatic rings. The Morgan fingerprint density at radius 2 is 1.94 bits per heavy atom. The Kier molecular flexibility index (Phi) is 3.35. The van der Waals surface area contributed by atoms with Crippen molar-refractivity contribution < 1.29 is 14.2 Å². The molecule has 3 unspecified atom stereocenters. The van der Waals surface area contributed by atoms with Crippen LogP contribution in [-0.2, 0) is 4.74 Å². The van der Waals surface area contributed by atoms with Crippen LogP contribution in [0.25, 0.3) is 0 Å². The molecule has 0 aliphatic carbocycles. The first-order valence-corrected chi connectivity index (χ1v) is 6.84. The van der Waals surface area contributed by atoms with Gasteiger partial charge in [0.05, 0.1) is 11.5 Å². The highest BCUT2D eigenvalue weighted by Crippen LogP contribution is 2.39. The normalized spacial score (nSPS) is 28.1. The zero-order valence-electron chi connectivity index (χ0n) is 10.4. The van der Waals surface area contributed by atoms with E-state index in [1.54, 1.807) is 0 Å². The Labute approximate surface area is 112 Å². The predicted octanol–water partition coefficient (Wildman–Crippen LogP) is 3.16. The topological polar surface area (TPSA) is 27.7 Å². The lowest BCUT2D eigenvalue weighted by molar-refractivity contribution is 0.0901. The van der Waals surface area contributed by atoms with Crippen LogP contribution in [0.15, 0.2) is 18.2 Å². The Bertz CT molecular complexity index is 435.